The van der Waals surface area contributed by atoms with Crippen molar-refractivity contribution in [2.75, 3.05) is 18.5 Å². The van der Waals surface area contributed by atoms with Crippen molar-refractivity contribution in [3.63, 3.8) is 0 Å². The predicted molar refractivity (Wildman–Crippen MR) is 80.7 cm³/mol. The number of carbonyl (C=O) groups is 1. The van der Waals surface area contributed by atoms with E-state index in [1.54, 1.807) is 0 Å². The average molecular weight is 276 g/mol. The number of anilines is 1. The van der Waals surface area contributed by atoms with Crippen molar-refractivity contribution in [1.82, 2.24) is 0 Å². The first-order valence-corrected chi connectivity index (χ1v) is 7.46. The van der Waals surface area contributed by atoms with E-state index in [9.17, 15) is 4.79 Å². The maximum absolute atomic E-state index is 12.2. The molecule has 1 aromatic carbocycles. The number of hydrogen-bond donors (Lipinski definition) is 2. The molecule has 2 rings (SSSR count). The van der Waals surface area contributed by atoms with Gasteiger partial charge in [0.2, 0.25) is 5.91 Å². The molecule has 0 saturated heterocycles. The summed E-state index contributed by atoms with van der Waals surface area (Å²) in [7, 11) is 0. The van der Waals surface area contributed by atoms with Gasteiger partial charge >= 0.3 is 0 Å². The van der Waals surface area contributed by atoms with Crippen LogP contribution in [0.5, 0.6) is 5.75 Å². The van der Waals surface area contributed by atoms with Crippen molar-refractivity contribution in [3.05, 3.63) is 24.3 Å². The van der Waals surface area contributed by atoms with E-state index < -0.39 is 0 Å². The minimum atomic E-state index is 0.129. The molecule has 0 unspecified atom stereocenters. The first-order valence-electron chi connectivity index (χ1n) is 7.46. The van der Waals surface area contributed by atoms with E-state index in [0.29, 0.717) is 12.5 Å². The molecule has 0 aromatic heterocycles. The number of carbonyl (C=O) groups excluding carboxylic acids is 1. The molecule has 110 valence electrons. The molecular weight excluding hydrogens is 252 g/mol. The molecule has 20 heavy (non-hydrogen) atoms. The summed E-state index contributed by atoms with van der Waals surface area (Å²) in [6.45, 7) is 3.34. The fourth-order valence-electron chi connectivity index (χ4n) is 2.71. The Morgan fingerprint density at radius 3 is 2.45 bits per heavy atom. The van der Waals surface area contributed by atoms with Gasteiger partial charge in [0, 0.05) is 11.6 Å². The first-order chi connectivity index (χ1) is 9.72. The highest BCUT2D eigenvalue weighted by molar-refractivity contribution is 5.92. The Bertz CT molecular complexity index is 423. The first kappa shape index (κ1) is 14.9. The van der Waals surface area contributed by atoms with E-state index in [4.69, 9.17) is 10.5 Å². The fraction of sp³-hybridized carbons (Fsp3) is 0.562. The van der Waals surface area contributed by atoms with Crippen LogP contribution in [-0.4, -0.2) is 19.1 Å². The third-order valence-corrected chi connectivity index (χ3v) is 3.98. The molecule has 4 nitrogen and oxygen atoms in total. The minimum absolute atomic E-state index is 0.129. The van der Waals surface area contributed by atoms with Crippen molar-refractivity contribution in [1.29, 1.82) is 0 Å². The van der Waals surface area contributed by atoms with E-state index in [0.717, 1.165) is 43.7 Å². The lowest BCUT2D eigenvalue weighted by Gasteiger charge is -2.26. The van der Waals surface area contributed by atoms with Crippen LogP contribution in [0, 0.1) is 11.8 Å². The van der Waals surface area contributed by atoms with Gasteiger partial charge in [-0.15, -0.1) is 0 Å². The highest BCUT2D eigenvalue weighted by atomic mass is 16.5. The van der Waals surface area contributed by atoms with Crippen LogP contribution in [0.15, 0.2) is 24.3 Å². The van der Waals surface area contributed by atoms with Crippen molar-refractivity contribution in [2.24, 2.45) is 17.6 Å². The highest BCUT2D eigenvalue weighted by Gasteiger charge is 2.25. The van der Waals surface area contributed by atoms with Gasteiger partial charge in [-0.25, -0.2) is 0 Å². The van der Waals surface area contributed by atoms with Gasteiger partial charge in [0.15, 0.2) is 0 Å². The van der Waals surface area contributed by atoms with Gasteiger partial charge in [-0.05, 0) is 69.3 Å². The minimum Gasteiger partial charge on any atom is -0.494 e. The summed E-state index contributed by atoms with van der Waals surface area (Å²) in [6.07, 6.45) is 4.03. The fourth-order valence-corrected chi connectivity index (χ4v) is 2.71. The largest absolute Gasteiger partial charge is 0.494 e. The van der Waals surface area contributed by atoms with Crippen molar-refractivity contribution in [2.45, 2.75) is 32.6 Å². The van der Waals surface area contributed by atoms with Crippen LogP contribution in [0.4, 0.5) is 5.69 Å². The van der Waals surface area contributed by atoms with E-state index in [1.807, 2.05) is 31.2 Å². The number of hydrogen-bond acceptors (Lipinski definition) is 3. The molecular formula is C16H24N2O2. The second kappa shape index (κ2) is 7.29. The number of ether oxygens (including phenoxy) is 1. The summed E-state index contributed by atoms with van der Waals surface area (Å²) < 4.78 is 5.38. The van der Waals surface area contributed by atoms with Crippen LogP contribution < -0.4 is 15.8 Å². The second-order valence-corrected chi connectivity index (χ2v) is 5.40. The molecule has 0 heterocycles. The molecule has 0 spiro atoms. The van der Waals surface area contributed by atoms with Gasteiger partial charge in [0.05, 0.1) is 6.61 Å². The molecule has 1 aliphatic rings. The zero-order chi connectivity index (χ0) is 14.4. The predicted octanol–water partition coefficient (Wildman–Crippen LogP) is 2.79. The third-order valence-electron chi connectivity index (χ3n) is 3.98. The van der Waals surface area contributed by atoms with Gasteiger partial charge in [0.1, 0.15) is 5.75 Å². The number of benzene rings is 1. The van der Waals surface area contributed by atoms with E-state index >= 15 is 0 Å². The van der Waals surface area contributed by atoms with Gasteiger partial charge in [-0.2, -0.15) is 0 Å². The summed E-state index contributed by atoms with van der Waals surface area (Å²) in [4.78, 5) is 12.2. The van der Waals surface area contributed by atoms with E-state index in [1.165, 1.54) is 0 Å². The van der Waals surface area contributed by atoms with Crippen LogP contribution in [0.25, 0.3) is 0 Å². The quantitative estimate of drug-likeness (QED) is 0.869. The molecule has 0 atom stereocenters. The molecule has 1 amide bonds. The van der Waals surface area contributed by atoms with E-state index in [-0.39, 0.29) is 11.8 Å². The molecule has 1 aromatic rings. The van der Waals surface area contributed by atoms with Crippen molar-refractivity contribution >= 4 is 11.6 Å². The Hall–Kier alpha value is -1.55. The molecule has 4 heteroatoms. The standard InChI is InChI=1S/C16H24N2O2/c1-2-20-15-9-7-14(8-10-15)18-16(19)13-5-3-12(11-17)4-6-13/h7-10,12-13H,2-6,11,17H2,1H3,(H,18,19). The van der Waals surface area contributed by atoms with Crippen LogP contribution in [-0.2, 0) is 4.79 Å². The molecule has 3 N–H and O–H groups in total. The summed E-state index contributed by atoms with van der Waals surface area (Å²) in [5.41, 5.74) is 6.51. The molecule has 1 saturated carbocycles. The number of amides is 1. The molecule has 1 aliphatic carbocycles. The average Bonchev–Trinajstić information content (AvgIpc) is 2.49. The Balaban J connectivity index is 1.85. The van der Waals surface area contributed by atoms with Gasteiger partial charge in [-0.1, -0.05) is 0 Å². The maximum atomic E-state index is 12.2. The monoisotopic (exact) mass is 276 g/mol. The van der Waals surface area contributed by atoms with Crippen LogP contribution in [0.3, 0.4) is 0 Å². The van der Waals surface area contributed by atoms with Gasteiger partial charge in [-0.3, -0.25) is 4.79 Å². The zero-order valence-electron chi connectivity index (χ0n) is 12.1. The Morgan fingerprint density at radius 1 is 1.25 bits per heavy atom. The molecule has 0 aliphatic heterocycles. The second-order valence-electron chi connectivity index (χ2n) is 5.40. The lowest BCUT2D eigenvalue weighted by molar-refractivity contribution is -0.121. The maximum Gasteiger partial charge on any atom is 0.227 e. The SMILES string of the molecule is CCOc1ccc(NC(=O)C2CCC(CN)CC2)cc1. The van der Waals surface area contributed by atoms with E-state index in [2.05, 4.69) is 5.32 Å². The smallest absolute Gasteiger partial charge is 0.227 e. The lowest BCUT2D eigenvalue weighted by atomic mass is 9.81. The number of nitrogens with two attached hydrogens (primary N) is 1. The summed E-state index contributed by atoms with van der Waals surface area (Å²) in [6, 6.07) is 7.53. The zero-order valence-corrected chi connectivity index (χ0v) is 12.1. The van der Waals surface area contributed by atoms with Crippen molar-refractivity contribution in [3.8, 4) is 5.75 Å². The topological polar surface area (TPSA) is 64.3 Å². The third kappa shape index (κ3) is 3.97. The summed E-state index contributed by atoms with van der Waals surface area (Å²) in [5, 5.41) is 2.99. The molecule has 0 bridgehead atoms. The number of rotatable bonds is 5. The van der Waals surface area contributed by atoms with Gasteiger partial charge < -0.3 is 15.8 Å². The lowest BCUT2D eigenvalue weighted by Crippen LogP contribution is -2.29. The normalized spacial score (nSPS) is 22.3. The summed E-state index contributed by atoms with van der Waals surface area (Å²) >= 11 is 0. The Kier molecular flexibility index (Phi) is 5.41. The van der Waals surface area contributed by atoms with Crippen LogP contribution >= 0.6 is 0 Å². The van der Waals surface area contributed by atoms with Crippen LogP contribution in [0.1, 0.15) is 32.6 Å². The van der Waals surface area contributed by atoms with Gasteiger partial charge in [0.25, 0.3) is 0 Å². The van der Waals surface area contributed by atoms with Crippen LogP contribution in [0.2, 0.25) is 0 Å². The summed E-state index contributed by atoms with van der Waals surface area (Å²) in [5.74, 6) is 1.69. The number of nitrogens with one attached hydrogen (secondary N) is 1. The molecule has 1 fully saturated rings. The Labute approximate surface area is 120 Å². The molecule has 0 radical (unpaired) electrons. The van der Waals surface area contributed by atoms with Crippen molar-refractivity contribution < 1.29 is 9.53 Å². The Morgan fingerprint density at radius 2 is 1.90 bits per heavy atom. The highest BCUT2D eigenvalue weighted by Crippen LogP contribution is 2.29.